The third-order valence-electron chi connectivity index (χ3n) is 3.36. The van der Waals surface area contributed by atoms with E-state index in [-0.39, 0.29) is 5.91 Å². The summed E-state index contributed by atoms with van der Waals surface area (Å²) in [6.45, 7) is 3.47. The minimum atomic E-state index is -0.0745. The average Bonchev–Trinajstić information content (AvgIpc) is 2.49. The van der Waals surface area contributed by atoms with Crippen molar-refractivity contribution >= 4 is 23.2 Å². The van der Waals surface area contributed by atoms with Crippen LogP contribution >= 0.6 is 11.6 Å². The van der Waals surface area contributed by atoms with Crippen LogP contribution in [0.3, 0.4) is 0 Å². The normalized spacial score (nSPS) is 15.6. The molecule has 0 unspecified atom stereocenters. The van der Waals surface area contributed by atoms with Gasteiger partial charge in [0.1, 0.15) is 24.6 Å². The lowest BCUT2D eigenvalue weighted by Crippen LogP contribution is -3.15. The fourth-order valence-corrected chi connectivity index (χ4v) is 2.45. The zero-order valence-electron chi connectivity index (χ0n) is 12.2. The summed E-state index contributed by atoms with van der Waals surface area (Å²) in [6, 6.07) is 3.28. The van der Waals surface area contributed by atoms with Crippen LogP contribution in [0.2, 0.25) is 5.02 Å². The number of anilines is 1. The van der Waals surface area contributed by atoms with E-state index < -0.39 is 0 Å². The minimum absolute atomic E-state index is 0.0745. The number of carbonyl (C=O) groups is 1. The van der Waals surface area contributed by atoms with Crippen molar-refractivity contribution < 1.29 is 23.9 Å². The summed E-state index contributed by atoms with van der Waals surface area (Å²) >= 11 is 6.04. The molecule has 0 aromatic heterocycles. The van der Waals surface area contributed by atoms with Gasteiger partial charge in [-0.1, -0.05) is 11.6 Å². The quantitative estimate of drug-likeness (QED) is 0.815. The van der Waals surface area contributed by atoms with Crippen LogP contribution < -0.4 is 19.7 Å². The number of nitrogens with one attached hydrogen (secondary N) is 2. The first-order chi connectivity index (χ1) is 10.1. The van der Waals surface area contributed by atoms with Gasteiger partial charge in [-0.15, -0.1) is 0 Å². The highest BCUT2D eigenvalue weighted by Crippen LogP contribution is 2.35. The fourth-order valence-electron chi connectivity index (χ4n) is 2.22. The summed E-state index contributed by atoms with van der Waals surface area (Å²) in [5.41, 5.74) is 0.552. The largest absolute Gasteiger partial charge is 0.495 e. The molecule has 116 valence electrons. The summed E-state index contributed by atoms with van der Waals surface area (Å²) < 4.78 is 15.7. The number of hydrogen-bond donors (Lipinski definition) is 2. The first-order valence-corrected chi connectivity index (χ1v) is 7.14. The van der Waals surface area contributed by atoms with Gasteiger partial charge < -0.3 is 24.4 Å². The van der Waals surface area contributed by atoms with Crippen LogP contribution in [0.1, 0.15) is 0 Å². The number of ether oxygens (including phenoxy) is 3. The predicted octanol–water partition coefficient (Wildman–Crippen LogP) is 0.211. The molecule has 0 saturated carbocycles. The third-order valence-corrected chi connectivity index (χ3v) is 3.65. The van der Waals surface area contributed by atoms with Crippen molar-refractivity contribution in [2.45, 2.75) is 0 Å². The molecule has 0 radical (unpaired) electrons. The first kappa shape index (κ1) is 15.9. The van der Waals surface area contributed by atoms with Crippen molar-refractivity contribution in [3.63, 3.8) is 0 Å². The van der Waals surface area contributed by atoms with E-state index in [2.05, 4.69) is 5.32 Å². The Morgan fingerprint density at radius 2 is 1.95 bits per heavy atom. The molecule has 0 bridgehead atoms. The number of rotatable bonds is 5. The molecular formula is C14H20ClN2O4+. The van der Waals surface area contributed by atoms with E-state index in [9.17, 15) is 4.79 Å². The summed E-state index contributed by atoms with van der Waals surface area (Å²) in [5, 5.41) is 3.28. The molecule has 7 heteroatoms. The zero-order chi connectivity index (χ0) is 15.2. The molecule has 1 fully saturated rings. The molecular weight excluding hydrogens is 296 g/mol. The Balaban J connectivity index is 2.05. The lowest BCUT2D eigenvalue weighted by atomic mass is 10.2. The Hall–Kier alpha value is -1.50. The van der Waals surface area contributed by atoms with Crippen molar-refractivity contribution in [2.75, 3.05) is 52.4 Å². The maximum atomic E-state index is 12.1. The number of benzene rings is 1. The number of quaternary nitrogens is 1. The van der Waals surface area contributed by atoms with Crippen LogP contribution in [0.5, 0.6) is 11.5 Å². The molecule has 1 aromatic rings. The second-order valence-corrected chi connectivity index (χ2v) is 5.18. The van der Waals surface area contributed by atoms with Gasteiger partial charge in [0.25, 0.3) is 5.91 Å². The van der Waals surface area contributed by atoms with Crippen molar-refractivity contribution in [1.29, 1.82) is 0 Å². The van der Waals surface area contributed by atoms with Crippen LogP contribution in [-0.4, -0.2) is 53.0 Å². The standard InChI is InChI=1S/C14H19ClN2O4/c1-19-12-8-11(13(20-2)7-10(12)15)16-14(18)9-17-3-5-21-6-4-17/h7-8H,3-6,9H2,1-2H3,(H,16,18)/p+1. The van der Waals surface area contributed by atoms with Crippen molar-refractivity contribution in [1.82, 2.24) is 0 Å². The highest BCUT2D eigenvalue weighted by atomic mass is 35.5. The second kappa shape index (κ2) is 7.49. The van der Waals surface area contributed by atoms with Gasteiger partial charge in [-0.2, -0.15) is 0 Å². The van der Waals surface area contributed by atoms with Gasteiger partial charge in [0.15, 0.2) is 6.54 Å². The monoisotopic (exact) mass is 315 g/mol. The number of morpholine rings is 1. The minimum Gasteiger partial charge on any atom is -0.495 e. The van der Waals surface area contributed by atoms with Gasteiger partial charge in [0.05, 0.1) is 38.1 Å². The van der Waals surface area contributed by atoms with E-state index in [0.29, 0.717) is 42.0 Å². The molecule has 6 nitrogen and oxygen atoms in total. The van der Waals surface area contributed by atoms with Crippen LogP contribution in [-0.2, 0) is 9.53 Å². The summed E-state index contributed by atoms with van der Waals surface area (Å²) in [7, 11) is 3.05. The van der Waals surface area contributed by atoms with Gasteiger partial charge >= 0.3 is 0 Å². The maximum Gasteiger partial charge on any atom is 0.279 e. The highest BCUT2D eigenvalue weighted by Gasteiger charge is 2.19. The lowest BCUT2D eigenvalue weighted by molar-refractivity contribution is -0.899. The fraction of sp³-hybridized carbons (Fsp3) is 0.500. The molecule has 0 atom stereocenters. The Kier molecular flexibility index (Phi) is 5.67. The van der Waals surface area contributed by atoms with Crippen LogP contribution in [0.25, 0.3) is 0 Å². The molecule has 1 heterocycles. The van der Waals surface area contributed by atoms with Gasteiger partial charge in [-0.25, -0.2) is 0 Å². The summed E-state index contributed by atoms with van der Waals surface area (Å²) in [5.74, 6) is 0.923. The highest BCUT2D eigenvalue weighted by molar-refractivity contribution is 6.32. The van der Waals surface area contributed by atoms with E-state index in [4.69, 9.17) is 25.8 Å². The molecule has 0 spiro atoms. The molecule has 1 aliphatic heterocycles. The van der Waals surface area contributed by atoms with Crippen molar-refractivity contribution in [3.05, 3.63) is 17.2 Å². The van der Waals surface area contributed by atoms with Crippen molar-refractivity contribution in [3.8, 4) is 11.5 Å². The molecule has 1 aromatic carbocycles. The molecule has 1 amide bonds. The molecule has 1 aliphatic rings. The number of methoxy groups -OCH3 is 2. The number of halogens is 1. The average molecular weight is 316 g/mol. The summed E-state index contributed by atoms with van der Waals surface area (Å²) in [6.07, 6.45) is 0. The molecule has 2 N–H and O–H groups in total. The van der Waals surface area contributed by atoms with Crippen molar-refractivity contribution in [2.24, 2.45) is 0 Å². The second-order valence-electron chi connectivity index (χ2n) is 4.77. The summed E-state index contributed by atoms with van der Waals surface area (Å²) in [4.78, 5) is 13.3. The van der Waals surface area contributed by atoms with Gasteiger partial charge in [-0.3, -0.25) is 4.79 Å². The Bertz CT molecular complexity index is 504. The Morgan fingerprint density at radius 3 is 2.57 bits per heavy atom. The van der Waals surface area contributed by atoms with E-state index in [1.807, 2.05) is 0 Å². The number of amides is 1. The Morgan fingerprint density at radius 1 is 1.29 bits per heavy atom. The predicted molar refractivity (Wildman–Crippen MR) is 79.6 cm³/mol. The molecule has 21 heavy (non-hydrogen) atoms. The van der Waals surface area contributed by atoms with Gasteiger partial charge in [0, 0.05) is 12.1 Å². The smallest absolute Gasteiger partial charge is 0.279 e. The van der Waals surface area contributed by atoms with Gasteiger partial charge in [0.2, 0.25) is 0 Å². The van der Waals surface area contributed by atoms with E-state index in [1.165, 1.54) is 19.1 Å². The Labute approximate surface area is 128 Å². The van der Waals surface area contributed by atoms with Crippen LogP contribution in [0, 0.1) is 0 Å². The third kappa shape index (κ3) is 4.23. The number of carbonyl (C=O) groups excluding carboxylic acids is 1. The molecule has 2 rings (SSSR count). The number of hydrogen-bond acceptors (Lipinski definition) is 4. The van der Waals surface area contributed by atoms with Gasteiger partial charge in [-0.05, 0) is 0 Å². The van der Waals surface area contributed by atoms with E-state index >= 15 is 0 Å². The first-order valence-electron chi connectivity index (χ1n) is 6.76. The van der Waals surface area contributed by atoms with Crippen LogP contribution in [0.4, 0.5) is 5.69 Å². The maximum absolute atomic E-state index is 12.1. The lowest BCUT2D eigenvalue weighted by Gasteiger charge is -2.23. The van der Waals surface area contributed by atoms with E-state index in [1.54, 1.807) is 12.1 Å². The molecule has 1 saturated heterocycles. The zero-order valence-corrected chi connectivity index (χ0v) is 13.0. The SMILES string of the molecule is COc1cc(NC(=O)C[NH+]2CCOCC2)c(OC)cc1Cl. The topological polar surface area (TPSA) is 61.2 Å². The van der Waals surface area contributed by atoms with Crippen LogP contribution in [0.15, 0.2) is 12.1 Å². The molecule has 0 aliphatic carbocycles. The van der Waals surface area contributed by atoms with E-state index in [0.717, 1.165) is 13.1 Å².